The summed E-state index contributed by atoms with van der Waals surface area (Å²) in [5.41, 5.74) is 6.52. The minimum absolute atomic E-state index is 0.0161. The number of ether oxygens (including phenoxy) is 1. The molecule has 0 aromatic heterocycles. The molecule has 3 N–H and O–H groups in total. The molecule has 1 aliphatic carbocycles. The molecule has 5 heteroatoms. The summed E-state index contributed by atoms with van der Waals surface area (Å²) in [6.45, 7) is 2.58. The number of benzene rings is 1. The molecular formula is C13H17BrN2O2. The maximum absolute atomic E-state index is 12.1. The topological polar surface area (TPSA) is 64.3 Å². The first-order valence-electron chi connectivity index (χ1n) is 6.05. The highest BCUT2D eigenvalue weighted by atomic mass is 79.9. The Kier molecular flexibility index (Phi) is 4.37. The molecule has 1 aromatic rings. The third-order valence-corrected chi connectivity index (χ3v) is 3.62. The molecule has 4 nitrogen and oxygen atoms in total. The van der Waals surface area contributed by atoms with Gasteiger partial charge in [0.2, 0.25) is 0 Å². The highest BCUT2D eigenvalue weighted by Crippen LogP contribution is 2.23. The second-order valence-corrected chi connectivity index (χ2v) is 5.32. The Labute approximate surface area is 115 Å². The van der Waals surface area contributed by atoms with Crippen LogP contribution in [0.1, 0.15) is 23.7 Å². The van der Waals surface area contributed by atoms with Crippen LogP contribution in [0.2, 0.25) is 0 Å². The maximum Gasteiger partial charge on any atom is 0.251 e. The molecule has 1 amide bonds. The van der Waals surface area contributed by atoms with E-state index in [1.165, 1.54) is 0 Å². The molecule has 0 heterocycles. The number of carbonyl (C=O) groups is 1. The van der Waals surface area contributed by atoms with Crippen LogP contribution in [-0.2, 0) is 4.74 Å². The SMILES string of the molecule is CCOC1CC(N)C1NC(=O)c1cccc(Br)c1. The van der Waals surface area contributed by atoms with Crippen molar-refractivity contribution in [3.63, 3.8) is 0 Å². The lowest BCUT2D eigenvalue weighted by atomic mass is 9.83. The van der Waals surface area contributed by atoms with Gasteiger partial charge in [-0.05, 0) is 31.5 Å². The quantitative estimate of drug-likeness (QED) is 0.889. The molecule has 1 aromatic carbocycles. The number of nitrogens with one attached hydrogen (secondary N) is 1. The summed E-state index contributed by atoms with van der Waals surface area (Å²) >= 11 is 3.35. The lowest BCUT2D eigenvalue weighted by molar-refractivity contribution is -0.0300. The summed E-state index contributed by atoms with van der Waals surface area (Å²) in [4.78, 5) is 12.1. The Morgan fingerprint density at radius 2 is 2.39 bits per heavy atom. The predicted molar refractivity (Wildman–Crippen MR) is 73.4 cm³/mol. The maximum atomic E-state index is 12.1. The number of carbonyl (C=O) groups excluding carboxylic acids is 1. The molecule has 3 unspecified atom stereocenters. The number of hydrogen-bond donors (Lipinski definition) is 2. The molecule has 1 fully saturated rings. The normalized spacial score (nSPS) is 26.5. The molecular weight excluding hydrogens is 296 g/mol. The smallest absolute Gasteiger partial charge is 0.251 e. The lowest BCUT2D eigenvalue weighted by Crippen LogP contribution is -2.64. The van der Waals surface area contributed by atoms with Crippen molar-refractivity contribution in [3.8, 4) is 0 Å². The zero-order valence-electron chi connectivity index (χ0n) is 10.2. The Bertz CT molecular complexity index is 437. The number of amides is 1. The van der Waals surface area contributed by atoms with Gasteiger partial charge in [-0.1, -0.05) is 22.0 Å². The van der Waals surface area contributed by atoms with Crippen molar-refractivity contribution in [2.24, 2.45) is 5.73 Å². The summed E-state index contributed by atoms with van der Waals surface area (Å²) in [7, 11) is 0. The van der Waals surface area contributed by atoms with Crippen LogP contribution in [0.5, 0.6) is 0 Å². The van der Waals surface area contributed by atoms with Crippen LogP contribution < -0.4 is 11.1 Å². The first-order valence-corrected chi connectivity index (χ1v) is 6.84. The third kappa shape index (κ3) is 2.91. The molecule has 98 valence electrons. The summed E-state index contributed by atoms with van der Waals surface area (Å²) in [6, 6.07) is 7.18. The van der Waals surface area contributed by atoms with Gasteiger partial charge in [-0.3, -0.25) is 4.79 Å². The van der Waals surface area contributed by atoms with Crippen molar-refractivity contribution >= 4 is 21.8 Å². The minimum Gasteiger partial charge on any atom is -0.376 e. The van der Waals surface area contributed by atoms with Gasteiger partial charge in [-0.25, -0.2) is 0 Å². The van der Waals surface area contributed by atoms with Crippen LogP contribution >= 0.6 is 15.9 Å². The standard InChI is InChI=1S/C13H17BrN2O2/c1-2-18-11-7-10(15)12(11)16-13(17)8-4-3-5-9(14)6-8/h3-6,10-12H,2,7,15H2,1H3,(H,16,17). The molecule has 0 bridgehead atoms. The summed E-state index contributed by atoms with van der Waals surface area (Å²) in [5, 5.41) is 2.93. The monoisotopic (exact) mass is 312 g/mol. The molecule has 2 rings (SSSR count). The van der Waals surface area contributed by atoms with Crippen molar-refractivity contribution < 1.29 is 9.53 Å². The average molecular weight is 313 g/mol. The molecule has 0 radical (unpaired) electrons. The summed E-state index contributed by atoms with van der Waals surface area (Å²) in [5.74, 6) is -0.110. The van der Waals surface area contributed by atoms with E-state index in [1.807, 2.05) is 19.1 Å². The van der Waals surface area contributed by atoms with Crippen LogP contribution in [0, 0.1) is 0 Å². The van der Waals surface area contributed by atoms with E-state index in [0.717, 1.165) is 10.9 Å². The molecule has 0 saturated heterocycles. The van der Waals surface area contributed by atoms with E-state index in [4.69, 9.17) is 10.5 Å². The Balaban J connectivity index is 1.98. The van der Waals surface area contributed by atoms with Gasteiger partial charge in [-0.2, -0.15) is 0 Å². The molecule has 3 atom stereocenters. The highest BCUT2D eigenvalue weighted by molar-refractivity contribution is 9.10. The second kappa shape index (κ2) is 5.82. The fraction of sp³-hybridized carbons (Fsp3) is 0.462. The summed E-state index contributed by atoms with van der Waals surface area (Å²) in [6.07, 6.45) is 0.846. The average Bonchev–Trinajstić information content (AvgIpc) is 2.35. The largest absolute Gasteiger partial charge is 0.376 e. The van der Waals surface area contributed by atoms with E-state index >= 15 is 0 Å². The Hall–Kier alpha value is -0.910. The van der Waals surface area contributed by atoms with Gasteiger partial charge >= 0.3 is 0 Å². The Morgan fingerprint density at radius 1 is 1.61 bits per heavy atom. The fourth-order valence-corrected chi connectivity index (χ4v) is 2.49. The van der Waals surface area contributed by atoms with Crippen molar-refractivity contribution in [1.29, 1.82) is 0 Å². The van der Waals surface area contributed by atoms with E-state index in [9.17, 15) is 4.79 Å². The third-order valence-electron chi connectivity index (χ3n) is 3.13. The van der Waals surface area contributed by atoms with Gasteiger partial charge < -0.3 is 15.8 Å². The first kappa shape index (κ1) is 13.5. The molecule has 0 spiro atoms. The van der Waals surface area contributed by atoms with E-state index in [2.05, 4.69) is 21.2 Å². The fourth-order valence-electron chi connectivity index (χ4n) is 2.09. The lowest BCUT2D eigenvalue weighted by Gasteiger charge is -2.42. The summed E-state index contributed by atoms with van der Waals surface area (Å²) < 4.78 is 6.40. The molecule has 18 heavy (non-hydrogen) atoms. The van der Waals surface area contributed by atoms with Crippen molar-refractivity contribution in [3.05, 3.63) is 34.3 Å². The van der Waals surface area contributed by atoms with Crippen molar-refractivity contribution in [2.75, 3.05) is 6.61 Å². The number of nitrogens with two attached hydrogens (primary N) is 1. The van der Waals surface area contributed by atoms with E-state index in [-0.39, 0.29) is 24.1 Å². The zero-order chi connectivity index (χ0) is 13.1. The van der Waals surface area contributed by atoms with E-state index < -0.39 is 0 Å². The van der Waals surface area contributed by atoms with Crippen molar-refractivity contribution in [1.82, 2.24) is 5.32 Å². The predicted octanol–water partition coefficient (Wildman–Crippen LogP) is 1.68. The minimum atomic E-state index is -0.110. The first-order chi connectivity index (χ1) is 8.61. The van der Waals surface area contributed by atoms with Gasteiger partial charge in [0.25, 0.3) is 5.91 Å². The molecule has 1 saturated carbocycles. The van der Waals surface area contributed by atoms with Gasteiger partial charge in [0, 0.05) is 22.7 Å². The number of rotatable bonds is 4. The van der Waals surface area contributed by atoms with Gasteiger partial charge in [0.1, 0.15) is 0 Å². The van der Waals surface area contributed by atoms with E-state index in [1.54, 1.807) is 12.1 Å². The highest BCUT2D eigenvalue weighted by Gasteiger charge is 2.40. The zero-order valence-corrected chi connectivity index (χ0v) is 11.8. The molecule has 1 aliphatic rings. The number of hydrogen-bond acceptors (Lipinski definition) is 3. The van der Waals surface area contributed by atoms with Crippen LogP contribution in [-0.4, -0.2) is 30.7 Å². The van der Waals surface area contributed by atoms with Gasteiger partial charge in [0.05, 0.1) is 12.1 Å². The van der Waals surface area contributed by atoms with E-state index in [0.29, 0.717) is 12.2 Å². The second-order valence-electron chi connectivity index (χ2n) is 4.40. The van der Waals surface area contributed by atoms with Crippen LogP contribution in [0.4, 0.5) is 0 Å². The number of halogens is 1. The van der Waals surface area contributed by atoms with Gasteiger partial charge in [-0.15, -0.1) is 0 Å². The van der Waals surface area contributed by atoms with Crippen molar-refractivity contribution in [2.45, 2.75) is 31.5 Å². The van der Waals surface area contributed by atoms with Crippen LogP contribution in [0.25, 0.3) is 0 Å². The molecule has 0 aliphatic heterocycles. The van der Waals surface area contributed by atoms with Crippen LogP contribution in [0.15, 0.2) is 28.7 Å². The van der Waals surface area contributed by atoms with Gasteiger partial charge in [0.15, 0.2) is 0 Å². The Morgan fingerprint density at radius 3 is 3.00 bits per heavy atom. The van der Waals surface area contributed by atoms with Crippen LogP contribution in [0.3, 0.4) is 0 Å².